The van der Waals surface area contributed by atoms with Crippen molar-refractivity contribution in [3.63, 3.8) is 0 Å². The van der Waals surface area contributed by atoms with E-state index < -0.39 is 5.97 Å². The Balaban J connectivity index is 2.31. The molecule has 0 radical (unpaired) electrons. The minimum absolute atomic E-state index is 0.139. The third kappa shape index (κ3) is 3.41. The lowest BCUT2D eigenvalue weighted by atomic mass is 10.2. The quantitative estimate of drug-likeness (QED) is 0.609. The first kappa shape index (κ1) is 15.9. The molecule has 0 spiro atoms. The molecule has 1 aliphatic heterocycles. The van der Waals surface area contributed by atoms with Crippen LogP contribution < -0.4 is 4.90 Å². The van der Waals surface area contributed by atoms with Gasteiger partial charge in [-0.3, -0.25) is 4.79 Å². The number of likely N-dealkylation sites (N-methyl/N-ethyl adjacent to an activating group) is 1. The van der Waals surface area contributed by atoms with Crippen LogP contribution in [0.3, 0.4) is 0 Å². The fraction of sp³-hybridized carbons (Fsp3) is 0.643. The van der Waals surface area contributed by atoms with Gasteiger partial charge in [0.15, 0.2) is 16.6 Å². The third-order valence-corrected chi connectivity index (χ3v) is 4.71. The molecule has 116 valence electrons. The van der Waals surface area contributed by atoms with Crippen LogP contribution in [0.25, 0.3) is 0 Å². The van der Waals surface area contributed by atoms with Crippen LogP contribution in [0, 0.1) is 0 Å². The van der Waals surface area contributed by atoms with E-state index in [-0.39, 0.29) is 11.5 Å². The van der Waals surface area contributed by atoms with E-state index in [1.807, 2.05) is 14.1 Å². The van der Waals surface area contributed by atoms with Crippen LogP contribution in [0.5, 0.6) is 0 Å². The Labute approximate surface area is 128 Å². The Hall–Kier alpha value is -1.47. The topological polar surface area (TPSA) is 62.7 Å². The van der Waals surface area contributed by atoms with Crippen molar-refractivity contribution >= 4 is 28.2 Å². The van der Waals surface area contributed by atoms with Gasteiger partial charge in [-0.1, -0.05) is 11.3 Å². The van der Waals surface area contributed by atoms with Crippen LogP contribution in [0.2, 0.25) is 0 Å². The van der Waals surface area contributed by atoms with Crippen molar-refractivity contribution in [2.45, 2.75) is 25.8 Å². The highest BCUT2D eigenvalue weighted by atomic mass is 32.1. The molecule has 1 aliphatic rings. The second-order valence-electron chi connectivity index (χ2n) is 5.47. The summed E-state index contributed by atoms with van der Waals surface area (Å²) in [6.45, 7) is 3.29. The molecule has 0 bridgehead atoms. The lowest BCUT2D eigenvalue weighted by Crippen LogP contribution is -2.37. The average molecular weight is 311 g/mol. The molecule has 0 amide bonds. The van der Waals surface area contributed by atoms with Crippen molar-refractivity contribution in [1.82, 2.24) is 9.88 Å². The normalized spacial score (nSPS) is 18.3. The number of methoxy groups -OCH3 is 1. The van der Waals surface area contributed by atoms with Gasteiger partial charge in [0, 0.05) is 26.1 Å². The first-order valence-electron chi connectivity index (χ1n) is 6.95. The van der Waals surface area contributed by atoms with Crippen LogP contribution >= 0.6 is 11.3 Å². The summed E-state index contributed by atoms with van der Waals surface area (Å²) in [4.78, 5) is 32.6. The summed E-state index contributed by atoms with van der Waals surface area (Å²) in [6.07, 6.45) is 2.20. The molecule has 1 unspecified atom stereocenters. The predicted octanol–water partition coefficient (Wildman–Crippen LogP) is 1.66. The second kappa shape index (κ2) is 6.53. The predicted molar refractivity (Wildman–Crippen MR) is 82.4 cm³/mol. The maximum absolute atomic E-state index is 11.8. The maximum atomic E-state index is 11.8. The van der Waals surface area contributed by atoms with Crippen molar-refractivity contribution in [3.05, 3.63) is 10.6 Å². The molecule has 6 nitrogen and oxygen atoms in total. The molecule has 1 aromatic rings. The van der Waals surface area contributed by atoms with Gasteiger partial charge >= 0.3 is 5.97 Å². The lowest BCUT2D eigenvalue weighted by molar-refractivity contribution is 0.0591. The van der Waals surface area contributed by atoms with Crippen molar-refractivity contribution < 1.29 is 14.3 Å². The number of hydrogen-bond donors (Lipinski definition) is 0. The molecule has 1 aromatic heterocycles. The Morgan fingerprint density at radius 1 is 1.48 bits per heavy atom. The van der Waals surface area contributed by atoms with Gasteiger partial charge < -0.3 is 14.5 Å². The number of carbonyl (C=O) groups excluding carboxylic acids is 2. The molecule has 21 heavy (non-hydrogen) atoms. The number of nitrogens with zero attached hydrogens (tertiary/aromatic N) is 3. The zero-order valence-electron chi connectivity index (χ0n) is 12.9. The first-order chi connectivity index (χ1) is 9.93. The molecule has 0 N–H and O–H groups in total. The number of carbonyl (C=O) groups is 2. The summed E-state index contributed by atoms with van der Waals surface area (Å²) in [7, 11) is 5.38. The Morgan fingerprint density at radius 2 is 2.19 bits per heavy atom. The number of anilines is 1. The maximum Gasteiger partial charge on any atom is 0.358 e. The van der Waals surface area contributed by atoms with Crippen LogP contribution in [0.4, 0.5) is 5.13 Å². The molecule has 1 fully saturated rings. The number of aromatic nitrogens is 1. The molecule has 0 saturated carbocycles. The number of ether oxygens (including phenoxy) is 1. The van der Waals surface area contributed by atoms with Crippen LogP contribution in [-0.4, -0.2) is 62.0 Å². The zero-order valence-corrected chi connectivity index (χ0v) is 13.7. The Bertz CT molecular complexity index is 542. The summed E-state index contributed by atoms with van der Waals surface area (Å²) < 4.78 is 4.72. The number of Topliss-reactive ketones (excluding diaryl/α,β-unsaturated/α-hetero) is 1. The number of hydrogen-bond acceptors (Lipinski definition) is 7. The van der Waals surface area contributed by atoms with Gasteiger partial charge in [-0.15, -0.1) is 0 Å². The van der Waals surface area contributed by atoms with Crippen LogP contribution in [0.15, 0.2) is 0 Å². The van der Waals surface area contributed by atoms with E-state index in [1.165, 1.54) is 25.4 Å². The number of ketones is 1. The fourth-order valence-electron chi connectivity index (χ4n) is 2.60. The van der Waals surface area contributed by atoms with Gasteiger partial charge in [-0.2, -0.15) is 0 Å². The van der Waals surface area contributed by atoms with Crippen molar-refractivity contribution in [1.29, 1.82) is 0 Å². The van der Waals surface area contributed by atoms with Crippen molar-refractivity contribution in [2.75, 3.05) is 39.2 Å². The summed E-state index contributed by atoms with van der Waals surface area (Å²) in [5.41, 5.74) is 0.139. The summed E-state index contributed by atoms with van der Waals surface area (Å²) in [5.74, 6) is -0.700. The number of esters is 1. The molecular formula is C14H21N3O3S. The minimum atomic E-state index is -0.550. The highest BCUT2D eigenvalue weighted by molar-refractivity contribution is 7.17. The molecule has 1 saturated heterocycles. The van der Waals surface area contributed by atoms with E-state index in [1.54, 1.807) is 0 Å². The monoisotopic (exact) mass is 311 g/mol. The summed E-state index contributed by atoms with van der Waals surface area (Å²) >= 11 is 1.29. The van der Waals surface area contributed by atoms with E-state index in [4.69, 9.17) is 4.74 Å². The van der Waals surface area contributed by atoms with Crippen LogP contribution in [0.1, 0.15) is 39.9 Å². The Morgan fingerprint density at radius 3 is 2.76 bits per heavy atom. The smallest absolute Gasteiger partial charge is 0.358 e. The standard InChI is InChI=1S/C14H21N3O3S/c1-9(18)12-11(13(19)20-4)15-14(21-12)17-7-5-6-10(17)8-16(2)3/h10H,5-8H2,1-4H3. The van der Waals surface area contributed by atoms with Crippen molar-refractivity contribution in [2.24, 2.45) is 0 Å². The van der Waals surface area contributed by atoms with E-state index in [0.717, 1.165) is 31.1 Å². The second-order valence-corrected chi connectivity index (χ2v) is 6.45. The molecule has 1 atom stereocenters. The molecule has 0 aliphatic carbocycles. The first-order valence-corrected chi connectivity index (χ1v) is 7.77. The zero-order chi connectivity index (χ0) is 15.6. The summed E-state index contributed by atoms with van der Waals surface area (Å²) in [6, 6.07) is 0.372. The van der Waals surface area contributed by atoms with Gasteiger partial charge in [-0.25, -0.2) is 9.78 Å². The van der Waals surface area contributed by atoms with Gasteiger partial charge in [0.2, 0.25) is 0 Å². The van der Waals surface area contributed by atoms with Gasteiger partial charge in [0.25, 0.3) is 0 Å². The van der Waals surface area contributed by atoms with E-state index >= 15 is 0 Å². The molecular weight excluding hydrogens is 290 g/mol. The highest BCUT2D eigenvalue weighted by Gasteiger charge is 2.30. The average Bonchev–Trinajstić information content (AvgIpc) is 3.03. The largest absolute Gasteiger partial charge is 0.464 e. The van der Waals surface area contributed by atoms with Gasteiger partial charge in [0.1, 0.15) is 4.88 Å². The van der Waals surface area contributed by atoms with Gasteiger partial charge in [0.05, 0.1) is 7.11 Å². The molecule has 7 heteroatoms. The lowest BCUT2D eigenvalue weighted by Gasteiger charge is -2.26. The molecule has 2 rings (SSSR count). The van der Waals surface area contributed by atoms with E-state index in [2.05, 4.69) is 14.8 Å². The summed E-state index contributed by atoms with van der Waals surface area (Å²) in [5, 5.41) is 0.741. The van der Waals surface area contributed by atoms with Gasteiger partial charge in [-0.05, 0) is 26.9 Å². The Kier molecular flexibility index (Phi) is 4.95. The van der Waals surface area contributed by atoms with E-state index in [9.17, 15) is 9.59 Å². The van der Waals surface area contributed by atoms with E-state index in [0.29, 0.717) is 10.9 Å². The SMILES string of the molecule is COC(=O)c1nc(N2CCCC2CN(C)C)sc1C(C)=O. The molecule has 2 heterocycles. The number of rotatable bonds is 5. The molecule has 0 aromatic carbocycles. The minimum Gasteiger partial charge on any atom is -0.464 e. The third-order valence-electron chi connectivity index (χ3n) is 3.51. The highest BCUT2D eigenvalue weighted by Crippen LogP contribution is 2.32. The number of thiazole rings is 1. The van der Waals surface area contributed by atoms with Crippen LogP contribution in [-0.2, 0) is 4.74 Å². The fourth-order valence-corrected chi connectivity index (χ4v) is 3.65. The van der Waals surface area contributed by atoms with Crippen molar-refractivity contribution in [3.8, 4) is 0 Å².